The largest absolute Gasteiger partial charge is 0.390 e. The second-order valence-corrected chi connectivity index (χ2v) is 5.06. The molecule has 3 aliphatic rings. The summed E-state index contributed by atoms with van der Waals surface area (Å²) in [5.74, 6) is -1.36. The summed E-state index contributed by atoms with van der Waals surface area (Å²) < 4.78 is 5.02. The highest BCUT2D eigenvalue weighted by atomic mass is 16.6. The number of rotatable bonds is 2. The van der Waals surface area contributed by atoms with Gasteiger partial charge in [-0.3, -0.25) is 14.5 Å². The Morgan fingerprint density at radius 3 is 2.00 bits per heavy atom. The first-order valence-electron chi connectivity index (χ1n) is 5.91. The van der Waals surface area contributed by atoms with E-state index in [2.05, 4.69) is 0 Å². The topological polar surface area (TPSA) is 90.4 Å². The van der Waals surface area contributed by atoms with Gasteiger partial charge in [-0.1, -0.05) is 0 Å². The molecule has 0 aromatic rings. The van der Waals surface area contributed by atoms with Crippen LogP contribution in [0.1, 0.15) is 12.8 Å². The first-order chi connectivity index (χ1) is 8.08. The fourth-order valence-corrected chi connectivity index (χ4v) is 2.77. The monoisotopic (exact) mass is 241 g/mol. The molecular weight excluding hydrogens is 226 g/mol. The van der Waals surface area contributed by atoms with Crippen LogP contribution < -0.4 is 0 Å². The number of epoxide rings is 1. The maximum absolute atomic E-state index is 12.0. The second kappa shape index (κ2) is 3.76. The Bertz CT molecular complexity index is 339. The molecule has 3 fully saturated rings. The quantitative estimate of drug-likeness (QED) is 0.453. The van der Waals surface area contributed by atoms with Crippen LogP contribution in [0.3, 0.4) is 0 Å². The molecule has 2 saturated heterocycles. The second-order valence-electron chi connectivity index (χ2n) is 5.06. The van der Waals surface area contributed by atoms with Gasteiger partial charge in [-0.25, -0.2) is 0 Å². The molecule has 6 nitrogen and oxygen atoms in total. The summed E-state index contributed by atoms with van der Waals surface area (Å²) in [4.78, 5) is 25.3. The van der Waals surface area contributed by atoms with Crippen LogP contribution >= 0.6 is 0 Å². The van der Waals surface area contributed by atoms with Crippen LogP contribution in [0.25, 0.3) is 0 Å². The fourth-order valence-electron chi connectivity index (χ4n) is 2.77. The zero-order valence-corrected chi connectivity index (χ0v) is 9.28. The highest BCUT2D eigenvalue weighted by Crippen LogP contribution is 2.38. The number of nitrogens with zero attached hydrogens (tertiary/aromatic N) is 1. The van der Waals surface area contributed by atoms with Crippen molar-refractivity contribution in [2.24, 2.45) is 11.8 Å². The predicted octanol–water partition coefficient (Wildman–Crippen LogP) is -1.50. The Hall–Kier alpha value is -0.980. The van der Waals surface area contributed by atoms with Crippen LogP contribution in [0.4, 0.5) is 0 Å². The van der Waals surface area contributed by atoms with Gasteiger partial charge in [0.25, 0.3) is 0 Å². The van der Waals surface area contributed by atoms with E-state index in [0.29, 0.717) is 13.2 Å². The van der Waals surface area contributed by atoms with Crippen molar-refractivity contribution in [2.75, 3.05) is 13.2 Å². The summed E-state index contributed by atoms with van der Waals surface area (Å²) >= 11 is 0. The van der Waals surface area contributed by atoms with E-state index in [9.17, 15) is 19.8 Å². The van der Waals surface area contributed by atoms with Crippen molar-refractivity contribution in [2.45, 2.75) is 31.2 Å². The first kappa shape index (κ1) is 11.1. The molecule has 6 heteroatoms. The van der Waals surface area contributed by atoms with Gasteiger partial charge in [-0.2, -0.15) is 0 Å². The van der Waals surface area contributed by atoms with E-state index < -0.39 is 24.0 Å². The van der Waals surface area contributed by atoms with Gasteiger partial charge in [-0.05, 0) is 12.8 Å². The lowest BCUT2D eigenvalue weighted by molar-refractivity contribution is -0.140. The van der Waals surface area contributed by atoms with Crippen LogP contribution in [0.15, 0.2) is 0 Å². The van der Waals surface area contributed by atoms with Crippen LogP contribution in [0.2, 0.25) is 0 Å². The third-order valence-corrected chi connectivity index (χ3v) is 3.88. The first-order valence-corrected chi connectivity index (χ1v) is 5.91. The number of carbonyl (C=O) groups excluding carboxylic acids is 2. The lowest BCUT2D eigenvalue weighted by Gasteiger charge is -2.29. The number of aliphatic hydroxyl groups excluding tert-OH is 2. The van der Waals surface area contributed by atoms with E-state index in [-0.39, 0.29) is 30.8 Å². The maximum Gasteiger partial charge on any atom is 0.233 e. The minimum Gasteiger partial charge on any atom is -0.390 e. The average molecular weight is 241 g/mol. The van der Waals surface area contributed by atoms with Gasteiger partial charge in [0.05, 0.1) is 43.3 Å². The Morgan fingerprint density at radius 1 is 1.12 bits per heavy atom. The molecule has 2 aliphatic heterocycles. The smallest absolute Gasteiger partial charge is 0.233 e. The van der Waals surface area contributed by atoms with Crippen molar-refractivity contribution in [1.29, 1.82) is 0 Å². The number of aliphatic hydroxyl groups is 2. The van der Waals surface area contributed by atoms with Gasteiger partial charge >= 0.3 is 0 Å². The summed E-state index contributed by atoms with van der Waals surface area (Å²) in [6.45, 7) is 0.911. The van der Waals surface area contributed by atoms with Crippen molar-refractivity contribution in [3.05, 3.63) is 0 Å². The SMILES string of the molecule is O=C1C2CC(O)[C@H](O)CC2C(=O)N1CC1CO1. The molecule has 4 unspecified atom stereocenters. The number of ether oxygens (including phenoxy) is 1. The summed E-state index contributed by atoms with van der Waals surface area (Å²) in [6, 6.07) is 0. The summed E-state index contributed by atoms with van der Waals surface area (Å²) in [5, 5.41) is 19.1. The van der Waals surface area contributed by atoms with E-state index in [1.165, 1.54) is 4.90 Å². The normalized spacial score (nSPS) is 45.1. The molecule has 17 heavy (non-hydrogen) atoms. The Morgan fingerprint density at radius 2 is 1.59 bits per heavy atom. The molecule has 0 aromatic heterocycles. The van der Waals surface area contributed by atoms with Gasteiger partial charge in [0.2, 0.25) is 11.8 Å². The minimum absolute atomic E-state index is 0.0158. The Kier molecular flexibility index (Phi) is 2.46. The predicted molar refractivity (Wildman–Crippen MR) is 54.7 cm³/mol. The highest BCUT2D eigenvalue weighted by Gasteiger charge is 2.53. The maximum atomic E-state index is 12.0. The molecule has 5 atom stereocenters. The number of hydrogen-bond donors (Lipinski definition) is 2. The third kappa shape index (κ3) is 1.76. The van der Waals surface area contributed by atoms with E-state index in [0.717, 1.165) is 0 Å². The zero-order chi connectivity index (χ0) is 12.2. The standard InChI is InChI=1S/C11H15NO5/c13-8-1-6-7(2-9(8)14)11(16)12(10(6)15)3-5-4-17-5/h5-9,13-14H,1-4H2/t5?,6?,7?,8-,9?/m1/s1. The third-order valence-electron chi connectivity index (χ3n) is 3.88. The van der Waals surface area contributed by atoms with Crippen LogP contribution in [-0.2, 0) is 14.3 Å². The molecule has 2 heterocycles. The molecule has 0 bridgehead atoms. The van der Waals surface area contributed by atoms with E-state index in [1.54, 1.807) is 0 Å². The van der Waals surface area contributed by atoms with Crippen molar-refractivity contribution >= 4 is 11.8 Å². The van der Waals surface area contributed by atoms with Crippen molar-refractivity contribution in [1.82, 2.24) is 4.90 Å². The number of fused-ring (bicyclic) bond motifs is 1. The summed E-state index contributed by atoms with van der Waals surface area (Å²) in [6.07, 6.45) is -1.45. The van der Waals surface area contributed by atoms with E-state index >= 15 is 0 Å². The summed E-state index contributed by atoms with van der Waals surface area (Å²) in [5.41, 5.74) is 0. The molecular formula is C11H15NO5. The number of amides is 2. The molecule has 0 aromatic carbocycles. The lowest BCUT2D eigenvalue weighted by Crippen LogP contribution is -2.40. The molecule has 0 spiro atoms. The van der Waals surface area contributed by atoms with Gasteiger partial charge < -0.3 is 14.9 Å². The lowest BCUT2D eigenvalue weighted by atomic mass is 9.78. The number of hydrogen-bond acceptors (Lipinski definition) is 5. The van der Waals surface area contributed by atoms with Gasteiger partial charge in [-0.15, -0.1) is 0 Å². The van der Waals surface area contributed by atoms with Crippen molar-refractivity contribution < 1.29 is 24.5 Å². The Balaban J connectivity index is 1.78. The van der Waals surface area contributed by atoms with Gasteiger partial charge in [0, 0.05) is 0 Å². The van der Waals surface area contributed by atoms with Crippen molar-refractivity contribution in [3.63, 3.8) is 0 Å². The van der Waals surface area contributed by atoms with Crippen LogP contribution in [-0.4, -0.2) is 58.4 Å². The number of likely N-dealkylation sites (tertiary alicyclic amines) is 1. The highest BCUT2D eigenvalue weighted by molar-refractivity contribution is 6.05. The molecule has 2 amide bonds. The molecule has 94 valence electrons. The minimum atomic E-state index is -0.898. The average Bonchev–Trinajstić information content (AvgIpc) is 3.07. The van der Waals surface area contributed by atoms with Crippen LogP contribution in [0.5, 0.6) is 0 Å². The van der Waals surface area contributed by atoms with Crippen molar-refractivity contribution in [3.8, 4) is 0 Å². The molecule has 0 radical (unpaired) electrons. The zero-order valence-electron chi connectivity index (χ0n) is 9.28. The van der Waals surface area contributed by atoms with E-state index in [4.69, 9.17) is 4.74 Å². The number of imide groups is 1. The Labute approximate surface area is 98.2 Å². The summed E-state index contributed by atoms with van der Waals surface area (Å²) in [7, 11) is 0. The fraction of sp³-hybridized carbons (Fsp3) is 0.818. The molecule has 3 rings (SSSR count). The van der Waals surface area contributed by atoms with Gasteiger partial charge in [0.1, 0.15) is 0 Å². The number of carbonyl (C=O) groups is 2. The molecule has 2 N–H and O–H groups in total. The molecule has 1 aliphatic carbocycles. The van der Waals surface area contributed by atoms with E-state index in [1.807, 2.05) is 0 Å². The molecule has 1 saturated carbocycles. The van der Waals surface area contributed by atoms with Gasteiger partial charge in [0.15, 0.2) is 0 Å². The van der Waals surface area contributed by atoms with Crippen LogP contribution in [0, 0.1) is 11.8 Å².